The van der Waals surface area contributed by atoms with E-state index in [1.807, 2.05) is 24.3 Å². The normalized spacial score (nSPS) is 16.3. The van der Waals surface area contributed by atoms with Gasteiger partial charge in [-0.1, -0.05) is 70.9 Å². The van der Waals surface area contributed by atoms with E-state index in [9.17, 15) is 19.2 Å². The smallest absolute Gasteiger partial charge is 0.409 e. The summed E-state index contributed by atoms with van der Waals surface area (Å²) in [5.74, 6) is -2.36. The van der Waals surface area contributed by atoms with Crippen molar-refractivity contribution in [2.45, 2.75) is 24.8 Å². The van der Waals surface area contributed by atoms with E-state index < -0.39 is 17.8 Å². The number of aromatic nitrogens is 3. The van der Waals surface area contributed by atoms with Crippen LogP contribution in [0.5, 0.6) is 0 Å². The highest BCUT2D eigenvalue weighted by molar-refractivity contribution is 6.21. The first-order chi connectivity index (χ1) is 20.5. The first-order valence-electron chi connectivity index (χ1n) is 13.7. The Morgan fingerprint density at radius 3 is 1.93 bits per heavy atom. The number of piperidine rings is 1. The van der Waals surface area contributed by atoms with Crippen molar-refractivity contribution in [3.63, 3.8) is 0 Å². The molecule has 1 saturated heterocycles. The van der Waals surface area contributed by atoms with Crippen molar-refractivity contribution < 1.29 is 28.8 Å². The number of benzene rings is 3. The van der Waals surface area contributed by atoms with E-state index in [0.717, 1.165) is 11.1 Å². The number of carbonyl (C=O) groups excluding carboxylic acids is 4. The molecule has 3 aromatic carbocycles. The maximum atomic E-state index is 13.0. The van der Waals surface area contributed by atoms with Crippen molar-refractivity contribution >= 4 is 23.9 Å². The van der Waals surface area contributed by atoms with E-state index in [-0.39, 0.29) is 41.5 Å². The number of likely N-dealkylation sites (tertiary alicyclic amines) is 1. The second-order valence-corrected chi connectivity index (χ2v) is 10.4. The summed E-state index contributed by atoms with van der Waals surface area (Å²) in [5, 5.41) is 8.37. The largest absolute Gasteiger partial charge is 0.448 e. The Hall–Kier alpha value is -5.32. The lowest BCUT2D eigenvalue weighted by molar-refractivity contribution is -0.0594. The maximum absolute atomic E-state index is 13.0. The summed E-state index contributed by atoms with van der Waals surface area (Å²) in [6.45, 7) is 1.03. The zero-order valence-electron chi connectivity index (χ0n) is 22.4. The van der Waals surface area contributed by atoms with Crippen molar-refractivity contribution in [3.05, 3.63) is 107 Å². The van der Waals surface area contributed by atoms with Crippen LogP contribution in [0.15, 0.2) is 79.0 Å². The third-order valence-corrected chi connectivity index (χ3v) is 8.12. The number of ether oxygens (including phenoxy) is 1. The fraction of sp³-hybridized carbons (Fsp3) is 0.226. The second kappa shape index (κ2) is 10.3. The molecule has 1 aromatic heterocycles. The van der Waals surface area contributed by atoms with Gasteiger partial charge in [-0.2, -0.15) is 0 Å². The number of nitrogens with zero attached hydrogens (tertiary/aromatic N) is 5. The molecule has 0 atom stereocenters. The van der Waals surface area contributed by atoms with Crippen LogP contribution in [0.3, 0.4) is 0 Å². The van der Waals surface area contributed by atoms with Gasteiger partial charge in [-0.3, -0.25) is 9.59 Å². The van der Waals surface area contributed by atoms with Crippen LogP contribution in [0.25, 0.3) is 11.1 Å². The molecule has 11 heteroatoms. The highest BCUT2D eigenvalue weighted by atomic mass is 16.7. The lowest BCUT2D eigenvalue weighted by Gasteiger charge is -2.32. The van der Waals surface area contributed by atoms with Crippen LogP contribution in [0, 0.1) is 0 Å². The summed E-state index contributed by atoms with van der Waals surface area (Å²) in [6, 6.07) is 22.4. The van der Waals surface area contributed by atoms with Gasteiger partial charge >= 0.3 is 12.1 Å². The van der Waals surface area contributed by atoms with Gasteiger partial charge in [0.2, 0.25) is 0 Å². The molecular weight excluding hydrogens is 538 g/mol. The van der Waals surface area contributed by atoms with Gasteiger partial charge < -0.3 is 14.5 Å². The molecule has 3 amide bonds. The SMILES string of the molecule is O=C(ON1C(=O)c2ccccc2C1=O)c1cnnn1C1CCN(C(=O)OCC2c3ccccc3-c3ccccc32)CC1. The summed E-state index contributed by atoms with van der Waals surface area (Å²) in [6.07, 6.45) is 1.85. The minimum absolute atomic E-state index is 0.00569. The van der Waals surface area contributed by atoms with Gasteiger partial charge in [0.1, 0.15) is 6.61 Å². The lowest BCUT2D eigenvalue weighted by Crippen LogP contribution is -2.40. The lowest BCUT2D eigenvalue weighted by atomic mass is 9.98. The monoisotopic (exact) mass is 563 g/mol. The first-order valence-corrected chi connectivity index (χ1v) is 13.7. The molecule has 4 aromatic rings. The van der Waals surface area contributed by atoms with Gasteiger partial charge in [0, 0.05) is 19.0 Å². The zero-order valence-corrected chi connectivity index (χ0v) is 22.4. The van der Waals surface area contributed by atoms with E-state index in [1.54, 1.807) is 17.0 Å². The summed E-state index contributed by atoms with van der Waals surface area (Å²) < 4.78 is 7.22. The predicted octanol–water partition coefficient (Wildman–Crippen LogP) is 4.23. The van der Waals surface area contributed by atoms with Crippen LogP contribution >= 0.6 is 0 Å². The van der Waals surface area contributed by atoms with Gasteiger partial charge in [-0.25, -0.2) is 14.3 Å². The number of hydrogen-bond acceptors (Lipinski definition) is 8. The van der Waals surface area contributed by atoms with E-state index in [4.69, 9.17) is 9.57 Å². The maximum Gasteiger partial charge on any atom is 0.409 e. The number of rotatable bonds is 5. The molecule has 3 heterocycles. The molecule has 0 bridgehead atoms. The van der Waals surface area contributed by atoms with Crippen LogP contribution in [0.2, 0.25) is 0 Å². The Balaban J connectivity index is 0.968. The zero-order chi connectivity index (χ0) is 28.8. The molecule has 7 rings (SSSR count). The predicted molar refractivity (Wildman–Crippen MR) is 147 cm³/mol. The second-order valence-electron chi connectivity index (χ2n) is 10.4. The Morgan fingerprint density at radius 2 is 1.33 bits per heavy atom. The minimum atomic E-state index is -0.923. The molecule has 3 aliphatic rings. The molecular formula is C31H25N5O6. The van der Waals surface area contributed by atoms with Crippen LogP contribution in [-0.2, 0) is 9.57 Å². The van der Waals surface area contributed by atoms with Gasteiger partial charge in [0.05, 0.1) is 23.4 Å². The highest BCUT2D eigenvalue weighted by Gasteiger charge is 2.40. The Labute approximate surface area is 240 Å². The van der Waals surface area contributed by atoms with Gasteiger partial charge in [0.15, 0.2) is 5.69 Å². The minimum Gasteiger partial charge on any atom is -0.448 e. The Kier molecular flexibility index (Phi) is 6.26. The number of imide groups is 1. The van der Waals surface area contributed by atoms with Crippen molar-refractivity contribution in [1.29, 1.82) is 0 Å². The standard InChI is InChI=1S/C31H25N5O6/c37-28-24-11-5-6-12-25(24)29(38)36(28)42-30(39)27-17-32-33-35(27)19-13-15-34(16-14-19)31(40)41-18-26-22-9-3-1-7-20(22)21-8-2-4-10-23(21)26/h1-12,17,19,26H,13-16,18H2. The molecule has 0 spiro atoms. The van der Waals surface area contributed by atoms with E-state index >= 15 is 0 Å². The molecule has 0 saturated carbocycles. The van der Waals surface area contributed by atoms with Crippen molar-refractivity contribution in [2.24, 2.45) is 0 Å². The number of carbonyl (C=O) groups is 4. The first kappa shape index (κ1) is 25.6. The molecule has 42 heavy (non-hydrogen) atoms. The molecule has 11 nitrogen and oxygen atoms in total. The van der Waals surface area contributed by atoms with Crippen LogP contribution < -0.4 is 0 Å². The molecule has 0 unspecified atom stereocenters. The highest BCUT2D eigenvalue weighted by Crippen LogP contribution is 2.44. The molecule has 0 radical (unpaired) electrons. The molecule has 210 valence electrons. The molecule has 1 aliphatic carbocycles. The van der Waals surface area contributed by atoms with E-state index in [1.165, 1.54) is 34.1 Å². The van der Waals surface area contributed by atoms with E-state index in [2.05, 4.69) is 34.6 Å². The van der Waals surface area contributed by atoms with Crippen LogP contribution in [-0.4, -0.2) is 68.5 Å². The number of hydroxylamine groups is 2. The van der Waals surface area contributed by atoms with Gasteiger partial charge in [-0.15, -0.1) is 5.10 Å². The van der Waals surface area contributed by atoms with Gasteiger partial charge in [0.25, 0.3) is 11.8 Å². The summed E-state index contributed by atoms with van der Waals surface area (Å²) in [4.78, 5) is 58.0. The summed E-state index contributed by atoms with van der Waals surface area (Å²) >= 11 is 0. The van der Waals surface area contributed by atoms with Crippen LogP contribution in [0.1, 0.15) is 67.1 Å². The third kappa shape index (κ3) is 4.21. The van der Waals surface area contributed by atoms with Crippen LogP contribution in [0.4, 0.5) is 4.79 Å². The van der Waals surface area contributed by atoms with Crippen molar-refractivity contribution in [3.8, 4) is 11.1 Å². The number of amides is 3. The fourth-order valence-electron chi connectivity index (χ4n) is 6.02. The number of hydrogen-bond donors (Lipinski definition) is 0. The van der Waals surface area contributed by atoms with Crippen molar-refractivity contribution in [1.82, 2.24) is 25.0 Å². The third-order valence-electron chi connectivity index (χ3n) is 8.12. The fourth-order valence-corrected chi connectivity index (χ4v) is 6.02. The van der Waals surface area contributed by atoms with Crippen molar-refractivity contribution in [2.75, 3.05) is 19.7 Å². The van der Waals surface area contributed by atoms with E-state index in [0.29, 0.717) is 31.0 Å². The summed E-state index contributed by atoms with van der Waals surface area (Å²) in [7, 11) is 0. The average molecular weight is 564 g/mol. The molecule has 0 N–H and O–H groups in total. The number of fused-ring (bicyclic) bond motifs is 4. The molecule has 1 fully saturated rings. The Morgan fingerprint density at radius 1 is 0.786 bits per heavy atom. The molecule has 2 aliphatic heterocycles. The van der Waals surface area contributed by atoms with Gasteiger partial charge in [-0.05, 0) is 47.2 Å². The Bertz CT molecular complexity index is 1660. The average Bonchev–Trinajstić information content (AvgIpc) is 3.71. The topological polar surface area (TPSA) is 124 Å². The quantitative estimate of drug-likeness (QED) is 0.331. The summed E-state index contributed by atoms with van der Waals surface area (Å²) in [5.41, 5.74) is 4.98.